The molecule has 6 heteroatoms. The summed E-state index contributed by atoms with van der Waals surface area (Å²) >= 11 is 3.11. The number of carboxylic acid groups (broad SMARTS) is 1. The highest BCUT2D eigenvalue weighted by atomic mass is 79.9. The smallest absolute Gasteiger partial charge is 0.371 e. The van der Waals surface area contributed by atoms with Crippen molar-refractivity contribution in [2.75, 3.05) is 0 Å². The molecule has 0 aliphatic carbocycles. The van der Waals surface area contributed by atoms with E-state index in [0.29, 0.717) is 4.47 Å². The van der Waals surface area contributed by atoms with Crippen LogP contribution >= 0.6 is 15.9 Å². The standard InChI is InChI=1S/C11H6BrFO4/c12-6-3-7(13)5-8(4-6)16-10-2-1-9(17-10)11(14)15/h1-5H,(H,14,15). The van der Waals surface area contributed by atoms with Crippen molar-refractivity contribution in [1.82, 2.24) is 0 Å². The predicted octanol–water partition coefficient (Wildman–Crippen LogP) is 3.67. The number of carboxylic acids is 1. The van der Waals surface area contributed by atoms with Gasteiger partial charge in [0, 0.05) is 16.6 Å². The summed E-state index contributed by atoms with van der Waals surface area (Å²) in [6.45, 7) is 0. The number of rotatable bonds is 3. The van der Waals surface area contributed by atoms with E-state index in [1.54, 1.807) is 0 Å². The number of carbonyl (C=O) groups is 1. The summed E-state index contributed by atoms with van der Waals surface area (Å²) in [6, 6.07) is 6.58. The second-order valence-electron chi connectivity index (χ2n) is 3.13. The molecule has 0 radical (unpaired) electrons. The second kappa shape index (κ2) is 4.58. The highest BCUT2D eigenvalue weighted by molar-refractivity contribution is 9.10. The Hall–Kier alpha value is -1.82. The van der Waals surface area contributed by atoms with Gasteiger partial charge in [0.05, 0.1) is 0 Å². The lowest BCUT2D eigenvalue weighted by Crippen LogP contribution is -1.91. The molecule has 0 saturated carbocycles. The quantitative estimate of drug-likeness (QED) is 0.939. The fourth-order valence-electron chi connectivity index (χ4n) is 1.19. The molecule has 0 unspecified atom stereocenters. The molecule has 0 bridgehead atoms. The van der Waals surface area contributed by atoms with Gasteiger partial charge < -0.3 is 14.3 Å². The number of hydrogen-bond donors (Lipinski definition) is 1. The zero-order valence-electron chi connectivity index (χ0n) is 8.31. The van der Waals surface area contributed by atoms with Crippen molar-refractivity contribution < 1.29 is 23.4 Å². The Morgan fingerprint density at radius 1 is 1.35 bits per heavy atom. The lowest BCUT2D eigenvalue weighted by Gasteiger charge is -2.02. The topological polar surface area (TPSA) is 59.7 Å². The summed E-state index contributed by atoms with van der Waals surface area (Å²) in [4.78, 5) is 10.6. The van der Waals surface area contributed by atoms with Crippen LogP contribution in [0.25, 0.3) is 0 Å². The summed E-state index contributed by atoms with van der Waals surface area (Å²) in [7, 11) is 0. The Labute approximate surface area is 104 Å². The van der Waals surface area contributed by atoms with E-state index < -0.39 is 11.8 Å². The normalized spacial score (nSPS) is 10.2. The zero-order valence-corrected chi connectivity index (χ0v) is 9.90. The number of aromatic carboxylic acids is 1. The summed E-state index contributed by atoms with van der Waals surface area (Å²) < 4.78 is 23.6. The molecule has 0 spiro atoms. The highest BCUT2D eigenvalue weighted by Crippen LogP contribution is 2.27. The Morgan fingerprint density at radius 2 is 2.12 bits per heavy atom. The van der Waals surface area contributed by atoms with Gasteiger partial charge in [0.15, 0.2) is 0 Å². The van der Waals surface area contributed by atoms with Crippen molar-refractivity contribution in [2.45, 2.75) is 0 Å². The Bertz CT molecular complexity index is 544. The van der Waals surface area contributed by atoms with E-state index in [2.05, 4.69) is 15.9 Å². The molecule has 0 aliphatic rings. The van der Waals surface area contributed by atoms with Gasteiger partial charge in [0.2, 0.25) is 5.76 Å². The van der Waals surface area contributed by atoms with E-state index >= 15 is 0 Å². The van der Waals surface area contributed by atoms with Gasteiger partial charge in [0.25, 0.3) is 5.95 Å². The van der Waals surface area contributed by atoms with E-state index in [1.165, 1.54) is 24.3 Å². The number of halogens is 2. The first-order valence-corrected chi connectivity index (χ1v) is 5.31. The molecule has 0 atom stereocenters. The molecule has 2 aromatic rings. The Balaban J connectivity index is 2.22. The van der Waals surface area contributed by atoms with Crippen LogP contribution < -0.4 is 4.74 Å². The maximum atomic E-state index is 13.0. The monoisotopic (exact) mass is 300 g/mol. The minimum Gasteiger partial charge on any atom is -0.475 e. The lowest BCUT2D eigenvalue weighted by atomic mass is 10.3. The van der Waals surface area contributed by atoms with Crippen molar-refractivity contribution >= 4 is 21.9 Å². The summed E-state index contributed by atoms with van der Waals surface area (Å²) in [5.74, 6) is -1.71. The van der Waals surface area contributed by atoms with Crippen LogP contribution in [0.5, 0.6) is 11.7 Å². The molecule has 1 heterocycles. The number of furan rings is 1. The molecule has 0 saturated heterocycles. The first-order chi connectivity index (χ1) is 8.04. The number of benzene rings is 1. The summed E-state index contributed by atoms with van der Waals surface area (Å²) in [5, 5.41) is 8.64. The first kappa shape index (κ1) is 11.7. The van der Waals surface area contributed by atoms with Crippen LogP contribution in [0.2, 0.25) is 0 Å². The second-order valence-corrected chi connectivity index (χ2v) is 4.05. The third-order valence-electron chi connectivity index (χ3n) is 1.85. The largest absolute Gasteiger partial charge is 0.475 e. The highest BCUT2D eigenvalue weighted by Gasteiger charge is 2.10. The Morgan fingerprint density at radius 3 is 2.71 bits per heavy atom. The van der Waals surface area contributed by atoms with Gasteiger partial charge >= 0.3 is 5.97 Å². The van der Waals surface area contributed by atoms with Crippen LogP contribution in [0, 0.1) is 5.82 Å². The van der Waals surface area contributed by atoms with Crippen molar-refractivity contribution in [3.8, 4) is 11.7 Å². The molecule has 88 valence electrons. The van der Waals surface area contributed by atoms with Gasteiger partial charge in [-0.15, -0.1) is 0 Å². The van der Waals surface area contributed by atoms with Gasteiger partial charge in [-0.2, -0.15) is 0 Å². The van der Waals surface area contributed by atoms with Crippen molar-refractivity contribution in [2.24, 2.45) is 0 Å². The minimum atomic E-state index is -1.19. The van der Waals surface area contributed by atoms with Gasteiger partial charge in [0.1, 0.15) is 11.6 Å². The maximum absolute atomic E-state index is 13.0. The van der Waals surface area contributed by atoms with Gasteiger partial charge in [-0.3, -0.25) is 0 Å². The maximum Gasteiger partial charge on any atom is 0.371 e. The fraction of sp³-hybridized carbons (Fsp3) is 0. The third kappa shape index (κ3) is 2.85. The van der Waals surface area contributed by atoms with Crippen LogP contribution in [0.3, 0.4) is 0 Å². The molecular formula is C11H6BrFO4. The molecule has 1 N–H and O–H groups in total. The first-order valence-electron chi connectivity index (χ1n) is 4.51. The van der Waals surface area contributed by atoms with Crippen molar-refractivity contribution in [3.63, 3.8) is 0 Å². The van der Waals surface area contributed by atoms with Crippen LogP contribution in [-0.2, 0) is 0 Å². The zero-order chi connectivity index (χ0) is 12.4. The Kier molecular flexibility index (Phi) is 3.14. The minimum absolute atomic E-state index is 0.0140. The van der Waals surface area contributed by atoms with E-state index in [4.69, 9.17) is 14.3 Å². The average Bonchev–Trinajstić information content (AvgIpc) is 2.64. The molecule has 1 aromatic heterocycles. The summed E-state index contributed by atoms with van der Waals surface area (Å²) in [5.41, 5.74) is 0. The summed E-state index contributed by atoms with van der Waals surface area (Å²) in [6.07, 6.45) is 0. The van der Waals surface area contributed by atoms with Gasteiger partial charge in [-0.25, -0.2) is 9.18 Å². The average molecular weight is 301 g/mol. The van der Waals surface area contributed by atoms with Crippen LogP contribution in [-0.4, -0.2) is 11.1 Å². The SMILES string of the molecule is O=C(O)c1ccc(Oc2cc(F)cc(Br)c2)o1. The molecule has 4 nitrogen and oxygen atoms in total. The third-order valence-corrected chi connectivity index (χ3v) is 2.30. The molecule has 0 fully saturated rings. The van der Waals surface area contributed by atoms with E-state index in [-0.39, 0.29) is 17.5 Å². The van der Waals surface area contributed by atoms with Crippen LogP contribution in [0.4, 0.5) is 4.39 Å². The number of ether oxygens (including phenoxy) is 1. The number of hydrogen-bond acceptors (Lipinski definition) is 3. The van der Waals surface area contributed by atoms with Crippen LogP contribution in [0.15, 0.2) is 39.2 Å². The molecule has 0 aliphatic heterocycles. The van der Waals surface area contributed by atoms with Gasteiger partial charge in [-0.05, 0) is 18.2 Å². The molecular weight excluding hydrogens is 295 g/mol. The van der Waals surface area contributed by atoms with Gasteiger partial charge in [-0.1, -0.05) is 15.9 Å². The van der Waals surface area contributed by atoms with Crippen LogP contribution in [0.1, 0.15) is 10.6 Å². The predicted molar refractivity (Wildman–Crippen MR) is 59.8 cm³/mol. The lowest BCUT2D eigenvalue weighted by molar-refractivity contribution is 0.0657. The van der Waals surface area contributed by atoms with E-state index in [9.17, 15) is 9.18 Å². The van der Waals surface area contributed by atoms with Crippen molar-refractivity contribution in [1.29, 1.82) is 0 Å². The van der Waals surface area contributed by atoms with E-state index in [1.807, 2.05) is 0 Å². The van der Waals surface area contributed by atoms with E-state index in [0.717, 1.165) is 6.07 Å². The molecule has 17 heavy (non-hydrogen) atoms. The van der Waals surface area contributed by atoms with Crippen molar-refractivity contribution in [3.05, 3.63) is 46.4 Å². The fourth-order valence-corrected chi connectivity index (χ4v) is 1.64. The molecule has 0 amide bonds. The molecule has 2 rings (SSSR count). The molecule has 1 aromatic carbocycles.